The first kappa shape index (κ1) is 26.9. The zero-order chi connectivity index (χ0) is 30.8. The van der Waals surface area contributed by atoms with Crippen molar-refractivity contribution in [2.75, 3.05) is 0 Å². The van der Waals surface area contributed by atoms with Crippen LogP contribution in [0.25, 0.3) is 76.6 Å². The highest BCUT2D eigenvalue weighted by Gasteiger charge is 2.37. The fraction of sp³-hybridized carbons (Fsp3) is 0.0714. The molecule has 9 rings (SSSR count). The van der Waals surface area contributed by atoms with Crippen LogP contribution in [-0.4, -0.2) is 15.0 Å². The van der Waals surface area contributed by atoms with E-state index < -0.39 is 0 Å². The summed E-state index contributed by atoms with van der Waals surface area (Å²) < 4.78 is 2.73. The minimum Gasteiger partial charge on any atom is -0.208 e. The van der Waals surface area contributed by atoms with Gasteiger partial charge in [-0.25, -0.2) is 15.0 Å². The molecule has 0 aliphatic heterocycles. The standard InChI is InChI=1S/C42H29N3S/c1-42(2)34-23-21-30(25-33(34)37-35(42)24-22-32-31-15-9-10-16-36(31)46-38(32)37)26-17-19-29(20-18-26)41-44-39(27-11-5-3-6-12-27)43-40(45-41)28-13-7-4-8-14-28/h3-25H,1-2H3. The molecule has 0 unspecified atom stereocenters. The zero-order valence-electron chi connectivity index (χ0n) is 25.5. The highest BCUT2D eigenvalue weighted by atomic mass is 32.1. The number of hydrogen-bond acceptors (Lipinski definition) is 4. The Morgan fingerprint density at radius 3 is 1.63 bits per heavy atom. The van der Waals surface area contributed by atoms with Gasteiger partial charge in [0.2, 0.25) is 0 Å². The van der Waals surface area contributed by atoms with Crippen molar-refractivity contribution < 1.29 is 0 Å². The first-order valence-electron chi connectivity index (χ1n) is 15.6. The lowest BCUT2D eigenvalue weighted by molar-refractivity contribution is 0.661. The lowest BCUT2D eigenvalue weighted by Gasteiger charge is -2.21. The first-order chi connectivity index (χ1) is 22.5. The van der Waals surface area contributed by atoms with Crippen molar-refractivity contribution in [3.63, 3.8) is 0 Å². The lowest BCUT2D eigenvalue weighted by atomic mass is 9.82. The summed E-state index contributed by atoms with van der Waals surface area (Å²) in [5.74, 6) is 2.00. The second kappa shape index (κ2) is 10.3. The van der Waals surface area contributed by atoms with E-state index in [9.17, 15) is 0 Å². The lowest BCUT2D eigenvalue weighted by Crippen LogP contribution is -2.14. The van der Waals surface area contributed by atoms with E-state index in [4.69, 9.17) is 15.0 Å². The van der Waals surface area contributed by atoms with Gasteiger partial charge in [0, 0.05) is 47.8 Å². The fourth-order valence-electron chi connectivity index (χ4n) is 6.95. The summed E-state index contributed by atoms with van der Waals surface area (Å²) in [7, 11) is 0. The topological polar surface area (TPSA) is 38.7 Å². The minimum absolute atomic E-state index is 0.0526. The molecular weight excluding hydrogens is 579 g/mol. The van der Waals surface area contributed by atoms with Gasteiger partial charge in [0.15, 0.2) is 17.5 Å². The van der Waals surface area contributed by atoms with Gasteiger partial charge in [-0.15, -0.1) is 11.3 Å². The van der Waals surface area contributed by atoms with Crippen LogP contribution in [0, 0.1) is 0 Å². The van der Waals surface area contributed by atoms with E-state index in [0.717, 1.165) is 16.7 Å². The van der Waals surface area contributed by atoms with Gasteiger partial charge < -0.3 is 0 Å². The number of thiophene rings is 1. The van der Waals surface area contributed by atoms with Gasteiger partial charge in [-0.1, -0.05) is 141 Å². The molecule has 0 saturated heterocycles. The van der Waals surface area contributed by atoms with Crippen molar-refractivity contribution >= 4 is 31.5 Å². The second-order valence-corrected chi connectivity index (χ2v) is 13.5. The van der Waals surface area contributed by atoms with Gasteiger partial charge in [0.05, 0.1) is 0 Å². The molecule has 1 aliphatic carbocycles. The number of nitrogens with zero attached hydrogens (tertiary/aromatic N) is 3. The van der Waals surface area contributed by atoms with Crippen LogP contribution in [0.15, 0.2) is 140 Å². The second-order valence-electron chi connectivity index (χ2n) is 12.5. The summed E-state index contributed by atoms with van der Waals surface area (Å²) in [6.45, 7) is 4.71. The zero-order valence-corrected chi connectivity index (χ0v) is 26.3. The maximum Gasteiger partial charge on any atom is 0.164 e. The van der Waals surface area contributed by atoms with Gasteiger partial charge in [-0.2, -0.15) is 0 Å². The summed E-state index contributed by atoms with van der Waals surface area (Å²) in [4.78, 5) is 14.7. The summed E-state index contributed by atoms with van der Waals surface area (Å²) >= 11 is 1.91. The van der Waals surface area contributed by atoms with Crippen LogP contribution in [-0.2, 0) is 5.41 Å². The molecule has 0 radical (unpaired) electrons. The quantitative estimate of drug-likeness (QED) is 0.200. The first-order valence-corrected chi connectivity index (χ1v) is 16.4. The van der Waals surface area contributed by atoms with E-state index in [1.807, 2.05) is 72.0 Å². The highest BCUT2D eigenvalue weighted by molar-refractivity contribution is 7.26. The predicted molar refractivity (Wildman–Crippen MR) is 192 cm³/mol. The Balaban J connectivity index is 1.14. The molecule has 0 N–H and O–H groups in total. The molecule has 0 bridgehead atoms. The molecule has 0 amide bonds. The van der Waals surface area contributed by atoms with Crippen molar-refractivity contribution in [1.29, 1.82) is 0 Å². The SMILES string of the molecule is CC1(C)c2ccc(-c3ccc(-c4nc(-c5ccccc5)nc(-c5ccccc5)n4)cc3)cc2-c2c1ccc1c2sc2ccccc21. The van der Waals surface area contributed by atoms with E-state index in [-0.39, 0.29) is 5.41 Å². The number of rotatable bonds is 4. The van der Waals surface area contributed by atoms with Crippen LogP contribution in [0.1, 0.15) is 25.0 Å². The molecule has 2 aromatic heterocycles. The molecule has 4 heteroatoms. The van der Waals surface area contributed by atoms with Crippen LogP contribution in [0.5, 0.6) is 0 Å². The van der Waals surface area contributed by atoms with E-state index in [0.29, 0.717) is 17.5 Å². The normalized spacial score (nSPS) is 13.2. The van der Waals surface area contributed by atoms with Crippen molar-refractivity contribution in [2.24, 2.45) is 0 Å². The molecule has 218 valence electrons. The van der Waals surface area contributed by atoms with Crippen LogP contribution < -0.4 is 0 Å². The van der Waals surface area contributed by atoms with Crippen LogP contribution >= 0.6 is 11.3 Å². The number of benzene rings is 6. The molecule has 8 aromatic rings. The Hall–Kier alpha value is -5.45. The average molecular weight is 608 g/mol. The Kier molecular flexibility index (Phi) is 6.02. The summed E-state index contributed by atoms with van der Waals surface area (Å²) in [5, 5.41) is 2.69. The van der Waals surface area contributed by atoms with Gasteiger partial charge in [0.1, 0.15) is 0 Å². The third-order valence-electron chi connectivity index (χ3n) is 9.36. The monoisotopic (exact) mass is 607 g/mol. The molecule has 0 fully saturated rings. The van der Waals surface area contributed by atoms with Crippen LogP contribution in [0.2, 0.25) is 0 Å². The molecule has 3 nitrogen and oxygen atoms in total. The summed E-state index contributed by atoms with van der Waals surface area (Å²) in [6.07, 6.45) is 0. The Bertz CT molecular complexity index is 2370. The third kappa shape index (κ3) is 4.22. The van der Waals surface area contributed by atoms with Crippen molar-refractivity contribution in [2.45, 2.75) is 19.3 Å². The minimum atomic E-state index is -0.0526. The maximum absolute atomic E-state index is 4.92. The largest absolute Gasteiger partial charge is 0.208 e. The van der Waals surface area contributed by atoms with E-state index in [1.165, 1.54) is 53.6 Å². The number of aromatic nitrogens is 3. The maximum atomic E-state index is 4.92. The number of hydrogen-bond donors (Lipinski definition) is 0. The predicted octanol–water partition coefficient (Wildman–Crippen LogP) is 11.2. The van der Waals surface area contributed by atoms with Crippen LogP contribution in [0.3, 0.4) is 0 Å². The van der Waals surface area contributed by atoms with Crippen molar-refractivity contribution in [3.8, 4) is 56.4 Å². The summed E-state index contributed by atoms with van der Waals surface area (Å²) in [6, 6.07) is 49.3. The van der Waals surface area contributed by atoms with E-state index in [1.54, 1.807) is 0 Å². The molecule has 1 aliphatic rings. The molecule has 6 aromatic carbocycles. The van der Waals surface area contributed by atoms with E-state index >= 15 is 0 Å². The average Bonchev–Trinajstić information content (AvgIpc) is 3.61. The Labute approximate surface area is 271 Å². The molecule has 0 atom stereocenters. The fourth-order valence-corrected chi connectivity index (χ4v) is 8.21. The third-order valence-corrected chi connectivity index (χ3v) is 10.6. The van der Waals surface area contributed by atoms with E-state index in [2.05, 4.69) is 92.7 Å². The van der Waals surface area contributed by atoms with Gasteiger partial charge in [-0.3, -0.25) is 0 Å². The number of fused-ring (bicyclic) bond motifs is 7. The van der Waals surface area contributed by atoms with Gasteiger partial charge >= 0.3 is 0 Å². The van der Waals surface area contributed by atoms with Crippen LogP contribution in [0.4, 0.5) is 0 Å². The molecule has 46 heavy (non-hydrogen) atoms. The van der Waals surface area contributed by atoms with Gasteiger partial charge in [-0.05, 0) is 39.9 Å². The smallest absolute Gasteiger partial charge is 0.164 e. The van der Waals surface area contributed by atoms with Crippen molar-refractivity contribution in [3.05, 3.63) is 151 Å². The molecular formula is C42H29N3S. The molecule has 0 spiro atoms. The Morgan fingerprint density at radius 1 is 0.457 bits per heavy atom. The summed E-state index contributed by atoms with van der Waals surface area (Å²) in [5.41, 5.74) is 10.7. The molecule has 0 saturated carbocycles. The highest BCUT2D eigenvalue weighted by Crippen LogP contribution is 2.54. The van der Waals surface area contributed by atoms with Gasteiger partial charge in [0.25, 0.3) is 0 Å². The Morgan fingerprint density at radius 2 is 0.978 bits per heavy atom. The van der Waals surface area contributed by atoms with Crippen molar-refractivity contribution in [1.82, 2.24) is 15.0 Å². The molecule has 2 heterocycles.